The van der Waals surface area contributed by atoms with Crippen LogP contribution in [0.3, 0.4) is 0 Å². The van der Waals surface area contributed by atoms with Gasteiger partial charge in [-0.2, -0.15) is 0 Å². The predicted molar refractivity (Wildman–Crippen MR) is 88.4 cm³/mol. The van der Waals surface area contributed by atoms with Gasteiger partial charge in [-0.3, -0.25) is 9.59 Å². The predicted octanol–water partition coefficient (Wildman–Crippen LogP) is 2.91. The number of esters is 2. The van der Waals surface area contributed by atoms with E-state index < -0.39 is 17.9 Å². The molecule has 2 aromatic rings. The van der Waals surface area contributed by atoms with Crippen LogP contribution in [0.5, 0.6) is 0 Å². The lowest BCUT2D eigenvalue weighted by atomic mass is 9.84. The normalized spacial score (nSPS) is 11.8. The maximum absolute atomic E-state index is 12.3. The van der Waals surface area contributed by atoms with Crippen molar-refractivity contribution in [2.75, 3.05) is 14.2 Å². The number of hydrogen-bond donors (Lipinski definition) is 0. The van der Waals surface area contributed by atoms with Crippen LogP contribution in [-0.2, 0) is 31.5 Å². The van der Waals surface area contributed by atoms with E-state index in [1.165, 1.54) is 14.2 Å². The van der Waals surface area contributed by atoms with E-state index in [-0.39, 0.29) is 5.41 Å². The van der Waals surface area contributed by atoms with Crippen LogP contribution in [0.15, 0.2) is 24.3 Å². The molecule has 0 unspecified atom stereocenters. The van der Waals surface area contributed by atoms with E-state index in [4.69, 9.17) is 9.47 Å². The van der Waals surface area contributed by atoms with Gasteiger partial charge < -0.3 is 14.0 Å². The number of aromatic nitrogens is 1. The molecule has 1 aromatic carbocycles. The maximum atomic E-state index is 12.3. The Kier molecular flexibility index (Phi) is 4.50. The molecule has 0 spiro atoms. The molecule has 124 valence electrons. The first kappa shape index (κ1) is 17.1. The Bertz CT molecular complexity index is 736. The minimum absolute atomic E-state index is 0.261. The van der Waals surface area contributed by atoms with Crippen molar-refractivity contribution in [2.24, 2.45) is 7.05 Å². The van der Waals surface area contributed by atoms with Gasteiger partial charge in [-0.25, -0.2) is 0 Å². The quantitative estimate of drug-likeness (QED) is 0.645. The molecule has 0 aliphatic rings. The number of hydrogen-bond acceptors (Lipinski definition) is 4. The van der Waals surface area contributed by atoms with Crippen LogP contribution in [0.2, 0.25) is 0 Å². The average molecular weight is 317 g/mol. The fraction of sp³-hybridized carbons (Fsp3) is 0.444. The Hall–Kier alpha value is -2.30. The van der Waals surface area contributed by atoms with Crippen LogP contribution in [0.1, 0.15) is 37.9 Å². The monoisotopic (exact) mass is 317 g/mol. The first-order valence-corrected chi connectivity index (χ1v) is 7.47. The standard InChI is InChI=1S/C18H23NO4/c1-18(2,3)15-13(14(16(20)22-5)17(21)23-6)11-9-7-8-10-12(11)19(15)4/h7-10,14H,1-6H3. The third-order valence-electron chi connectivity index (χ3n) is 4.02. The topological polar surface area (TPSA) is 57.5 Å². The highest BCUT2D eigenvalue weighted by molar-refractivity contribution is 6.05. The third kappa shape index (κ3) is 2.83. The summed E-state index contributed by atoms with van der Waals surface area (Å²) in [5.41, 5.74) is 2.28. The molecule has 1 aromatic heterocycles. The summed E-state index contributed by atoms with van der Waals surface area (Å²) in [4.78, 5) is 24.6. The van der Waals surface area contributed by atoms with Crippen molar-refractivity contribution in [3.63, 3.8) is 0 Å². The van der Waals surface area contributed by atoms with Crippen LogP contribution in [0.25, 0.3) is 10.9 Å². The van der Waals surface area contributed by atoms with Crippen molar-refractivity contribution in [1.29, 1.82) is 0 Å². The Morgan fingerprint density at radius 2 is 1.57 bits per heavy atom. The number of carbonyl (C=O) groups excluding carboxylic acids is 2. The van der Waals surface area contributed by atoms with Crippen molar-refractivity contribution >= 4 is 22.8 Å². The molecule has 5 heteroatoms. The summed E-state index contributed by atoms with van der Waals surface area (Å²) in [7, 11) is 4.50. The van der Waals surface area contributed by atoms with E-state index in [0.717, 1.165) is 16.6 Å². The minimum Gasteiger partial charge on any atom is -0.468 e. The summed E-state index contributed by atoms with van der Waals surface area (Å²) in [6.45, 7) is 6.16. The lowest BCUT2D eigenvalue weighted by Gasteiger charge is -2.24. The molecule has 0 atom stereocenters. The fourth-order valence-corrected chi connectivity index (χ4v) is 3.19. The second-order valence-corrected chi connectivity index (χ2v) is 6.57. The molecule has 5 nitrogen and oxygen atoms in total. The SMILES string of the molecule is COC(=O)C(C(=O)OC)c1c(C(C)(C)C)n(C)c2ccccc12. The van der Waals surface area contributed by atoms with Crippen molar-refractivity contribution < 1.29 is 19.1 Å². The molecular weight excluding hydrogens is 294 g/mol. The molecule has 0 bridgehead atoms. The molecule has 0 N–H and O–H groups in total. The van der Waals surface area contributed by atoms with Crippen molar-refractivity contribution in [1.82, 2.24) is 4.57 Å². The third-order valence-corrected chi connectivity index (χ3v) is 4.02. The number of nitrogens with zero attached hydrogens (tertiary/aromatic N) is 1. The highest BCUT2D eigenvalue weighted by atomic mass is 16.5. The Morgan fingerprint density at radius 3 is 2.04 bits per heavy atom. The van der Waals surface area contributed by atoms with Gasteiger partial charge in [0.05, 0.1) is 14.2 Å². The van der Waals surface area contributed by atoms with Crippen LogP contribution < -0.4 is 0 Å². The Morgan fingerprint density at radius 1 is 1.04 bits per heavy atom. The van der Waals surface area contributed by atoms with Gasteiger partial charge >= 0.3 is 11.9 Å². The summed E-state index contributed by atoms with van der Waals surface area (Å²) in [5.74, 6) is -2.32. The Balaban J connectivity index is 2.90. The zero-order valence-corrected chi connectivity index (χ0v) is 14.5. The minimum atomic E-state index is -1.09. The molecule has 0 radical (unpaired) electrons. The summed E-state index contributed by atoms with van der Waals surface area (Å²) in [5, 5.41) is 0.862. The first-order chi connectivity index (χ1) is 10.7. The number of fused-ring (bicyclic) bond motifs is 1. The van der Waals surface area contributed by atoms with Gasteiger partial charge in [0.2, 0.25) is 0 Å². The van der Waals surface area contributed by atoms with Crippen molar-refractivity contribution in [2.45, 2.75) is 32.1 Å². The number of aryl methyl sites for hydroxylation is 1. The number of carbonyl (C=O) groups is 2. The largest absolute Gasteiger partial charge is 0.468 e. The molecule has 2 rings (SSSR count). The van der Waals surface area contributed by atoms with Gasteiger partial charge in [0.1, 0.15) is 0 Å². The van der Waals surface area contributed by atoms with Gasteiger partial charge in [-0.05, 0) is 6.07 Å². The summed E-state index contributed by atoms with van der Waals surface area (Å²) >= 11 is 0. The Labute approximate surface area is 136 Å². The maximum Gasteiger partial charge on any atom is 0.324 e. The average Bonchev–Trinajstić information content (AvgIpc) is 2.80. The van der Waals surface area contributed by atoms with Gasteiger partial charge in [0, 0.05) is 34.6 Å². The zero-order valence-electron chi connectivity index (χ0n) is 14.5. The van der Waals surface area contributed by atoms with E-state index in [2.05, 4.69) is 20.8 Å². The number of para-hydroxylation sites is 1. The summed E-state index contributed by atoms with van der Waals surface area (Å²) < 4.78 is 11.8. The molecule has 0 fully saturated rings. The van der Waals surface area contributed by atoms with E-state index >= 15 is 0 Å². The number of ether oxygens (including phenoxy) is 2. The lowest BCUT2D eigenvalue weighted by Crippen LogP contribution is -2.28. The van der Waals surface area contributed by atoms with Crippen LogP contribution in [0.4, 0.5) is 0 Å². The highest BCUT2D eigenvalue weighted by Gasteiger charge is 2.38. The van der Waals surface area contributed by atoms with E-state index in [1.54, 1.807) is 0 Å². The lowest BCUT2D eigenvalue weighted by molar-refractivity contribution is -0.154. The molecular formula is C18H23NO4. The molecule has 0 aliphatic heterocycles. The number of methoxy groups -OCH3 is 2. The van der Waals surface area contributed by atoms with Gasteiger partial charge in [-0.1, -0.05) is 39.0 Å². The molecule has 0 amide bonds. The smallest absolute Gasteiger partial charge is 0.324 e. The van der Waals surface area contributed by atoms with Crippen LogP contribution in [-0.4, -0.2) is 30.7 Å². The second-order valence-electron chi connectivity index (χ2n) is 6.57. The molecule has 23 heavy (non-hydrogen) atoms. The van der Waals surface area contributed by atoms with Crippen molar-refractivity contribution in [3.8, 4) is 0 Å². The summed E-state index contributed by atoms with van der Waals surface area (Å²) in [6.07, 6.45) is 0. The zero-order chi connectivity index (χ0) is 17.4. The van der Waals surface area contributed by atoms with Crippen LogP contribution in [0, 0.1) is 0 Å². The second kappa shape index (κ2) is 6.07. The van der Waals surface area contributed by atoms with E-state index in [0.29, 0.717) is 5.56 Å². The summed E-state index contributed by atoms with van der Waals surface area (Å²) in [6, 6.07) is 7.71. The number of benzene rings is 1. The van der Waals surface area contributed by atoms with Gasteiger partial charge in [0.15, 0.2) is 5.92 Å². The van der Waals surface area contributed by atoms with Crippen molar-refractivity contribution in [3.05, 3.63) is 35.5 Å². The fourth-order valence-electron chi connectivity index (χ4n) is 3.19. The van der Waals surface area contributed by atoms with Gasteiger partial charge in [-0.15, -0.1) is 0 Å². The molecule has 0 saturated carbocycles. The van der Waals surface area contributed by atoms with E-state index in [1.807, 2.05) is 35.9 Å². The number of rotatable bonds is 3. The molecule has 0 saturated heterocycles. The highest BCUT2D eigenvalue weighted by Crippen LogP contribution is 2.39. The molecule has 0 aliphatic carbocycles. The molecule has 1 heterocycles. The first-order valence-electron chi connectivity index (χ1n) is 7.47. The van der Waals surface area contributed by atoms with E-state index in [9.17, 15) is 9.59 Å². The van der Waals surface area contributed by atoms with Crippen LogP contribution >= 0.6 is 0 Å². The van der Waals surface area contributed by atoms with Gasteiger partial charge in [0.25, 0.3) is 0 Å².